The molecule has 1 atom stereocenters. The molecule has 0 radical (unpaired) electrons. The van der Waals surface area contributed by atoms with E-state index in [1.807, 2.05) is 0 Å². The average Bonchev–Trinajstić information content (AvgIpc) is 2.61. The van der Waals surface area contributed by atoms with Crippen LogP contribution >= 0.6 is 0 Å². The molecule has 0 unspecified atom stereocenters. The molecule has 2 rings (SSSR count). The van der Waals surface area contributed by atoms with E-state index < -0.39 is 11.9 Å². The van der Waals surface area contributed by atoms with Crippen molar-refractivity contribution in [3.63, 3.8) is 0 Å². The summed E-state index contributed by atoms with van der Waals surface area (Å²) in [6.07, 6.45) is 0.0636. The molecule has 1 aromatic carbocycles. The van der Waals surface area contributed by atoms with Crippen molar-refractivity contribution in [2.45, 2.75) is 13.0 Å². The summed E-state index contributed by atoms with van der Waals surface area (Å²) in [6, 6.07) is 6.61. The number of carbonyl (C=O) groups excluding carboxylic acids is 1. The maximum absolute atomic E-state index is 11.6. The molecule has 0 saturated carbocycles. The first-order valence-corrected chi connectivity index (χ1v) is 5.35. The number of aliphatic carboxylic acids is 1. The lowest BCUT2D eigenvalue weighted by molar-refractivity contribution is -0.141. The zero-order valence-corrected chi connectivity index (χ0v) is 9.17. The molecule has 1 aromatic rings. The summed E-state index contributed by atoms with van der Waals surface area (Å²) in [7, 11) is 0. The summed E-state index contributed by atoms with van der Waals surface area (Å²) < 4.78 is 0. The molecule has 1 heterocycles. The van der Waals surface area contributed by atoms with E-state index in [0.29, 0.717) is 6.54 Å². The standard InChI is InChI=1S/C12H13NO4/c14-10-3-1-2-8(4-10)6-13-7-9(12(16)17)5-11(13)15/h1-4,9,14H,5-7H2,(H,16,17)/t9-/m0/s1. The van der Waals surface area contributed by atoms with Crippen LogP contribution < -0.4 is 0 Å². The second-order valence-corrected chi connectivity index (χ2v) is 4.18. The fourth-order valence-electron chi connectivity index (χ4n) is 1.97. The molecular weight excluding hydrogens is 222 g/mol. The van der Waals surface area contributed by atoms with Gasteiger partial charge in [-0.1, -0.05) is 12.1 Å². The number of hydrogen-bond acceptors (Lipinski definition) is 3. The summed E-state index contributed by atoms with van der Waals surface area (Å²) in [5.74, 6) is -1.55. The molecule has 5 heteroatoms. The highest BCUT2D eigenvalue weighted by atomic mass is 16.4. The number of phenols is 1. The highest BCUT2D eigenvalue weighted by Gasteiger charge is 2.33. The number of aromatic hydroxyl groups is 1. The van der Waals surface area contributed by atoms with Gasteiger partial charge in [-0.05, 0) is 17.7 Å². The largest absolute Gasteiger partial charge is 0.508 e. The molecule has 0 aliphatic carbocycles. The number of carboxylic acids is 1. The summed E-state index contributed by atoms with van der Waals surface area (Å²) in [5.41, 5.74) is 0.796. The van der Waals surface area contributed by atoms with Crippen LogP contribution in [0.3, 0.4) is 0 Å². The van der Waals surface area contributed by atoms with Gasteiger partial charge in [0.2, 0.25) is 5.91 Å². The van der Waals surface area contributed by atoms with Crippen LogP contribution in [0.15, 0.2) is 24.3 Å². The lowest BCUT2D eigenvalue weighted by Crippen LogP contribution is -2.25. The van der Waals surface area contributed by atoms with Crippen LogP contribution in [0, 0.1) is 5.92 Å². The zero-order valence-electron chi connectivity index (χ0n) is 9.17. The van der Waals surface area contributed by atoms with Gasteiger partial charge in [0.25, 0.3) is 0 Å². The van der Waals surface area contributed by atoms with Gasteiger partial charge >= 0.3 is 5.97 Å². The lowest BCUT2D eigenvalue weighted by Gasteiger charge is -2.15. The Morgan fingerprint density at radius 1 is 1.47 bits per heavy atom. The number of carboxylic acid groups (broad SMARTS) is 1. The second kappa shape index (κ2) is 4.45. The number of likely N-dealkylation sites (tertiary alicyclic amines) is 1. The third-order valence-electron chi connectivity index (χ3n) is 2.85. The van der Waals surface area contributed by atoms with E-state index in [1.165, 1.54) is 4.90 Å². The van der Waals surface area contributed by atoms with Gasteiger partial charge in [0.1, 0.15) is 5.75 Å². The molecule has 0 aromatic heterocycles. The van der Waals surface area contributed by atoms with E-state index >= 15 is 0 Å². The fourth-order valence-corrected chi connectivity index (χ4v) is 1.97. The van der Waals surface area contributed by atoms with Crippen LogP contribution in [-0.2, 0) is 16.1 Å². The van der Waals surface area contributed by atoms with Crippen LogP contribution in [-0.4, -0.2) is 33.5 Å². The fraction of sp³-hybridized carbons (Fsp3) is 0.333. The van der Waals surface area contributed by atoms with Crippen molar-refractivity contribution >= 4 is 11.9 Å². The van der Waals surface area contributed by atoms with Crippen LogP contribution in [0.5, 0.6) is 5.75 Å². The van der Waals surface area contributed by atoms with Gasteiger partial charge in [-0.2, -0.15) is 0 Å². The Hall–Kier alpha value is -2.04. The maximum atomic E-state index is 11.6. The number of nitrogens with zero attached hydrogens (tertiary/aromatic N) is 1. The molecule has 90 valence electrons. The highest BCUT2D eigenvalue weighted by Crippen LogP contribution is 2.21. The first-order valence-electron chi connectivity index (χ1n) is 5.35. The molecular formula is C12H13NO4. The van der Waals surface area contributed by atoms with Crippen LogP contribution in [0.25, 0.3) is 0 Å². The summed E-state index contributed by atoms with van der Waals surface area (Å²) in [6.45, 7) is 0.584. The predicted molar refractivity (Wildman–Crippen MR) is 59.3 cm³/mol. The number of hydrogen-bond donors (Lipinski definition) is 2. The molecule has 1 saturated heterocycles. The van der Waals surface area contributed by atoms with E-state index in [2.05, 4.69) is 0 Å². The summed E-state index contributed by atoms with van der Waals surface area (Å²) >= 11 is 0. The maximum Gasteiger partial charge on any atom is 0.308 e. The lowest BCUT2D eigenvalue weighted by atomic mass is 10.1. The Balaban J connectivity index is 2.05. The minimum absolute atomic E-state index is 0.0636. The SMILES string of the molecule is O=C(O)[C@H]1CC(=O)N(Cc2cccc(O)c2)C1. The van der Waals surface area contributed by atoms with Crippen molar-refractivity contribution in [2.24, 2.45) is 5.92 Å². The van der Waals surface area contributed by atoms with E-state index in [9.17, 15) is 14.7 Å². The Morgan fingerprint density at radius 3 is 2.82 bits per heavy atom. The van der Waals surface area contributed by atoms with Gasteiger partial charge in [-0.15, -0.1) is 0 Å². The summed E-state index contributed by atoms with van der Waals surface area (Å²) in [4.78, 5) is 23.9. The van der Waals surface area contributed by atoms with Crippen LogP contribution in [0.1, 0.15) is 12.0 Å². The summed E-state index contributed by atoms with van der Waals surface area (Å²) in [5, 5.41) is 18.1. The van der Waals surface area contributed by atoms with Gasteiger partial charge in [-0.25, -0.2) is 0 Å². The highest BCUT2D eigenvalue weighted by molar-refractivity contribution is 5.86. The minimum atomic E-state index is -0.934. The Labute approximate surface area is 98.3 Å². The van der Waals surface area contributed by atoms with Crippen molar-refractivity contribution in [1.82, 2.24) is 4.90 Å². The van der Waals surface area contributed by atoms with E-state index in [0.717, 1.165) is 5.56 Å². The number of rotatable bonds is 3. The van der Waals surface area contributed by atoms with Crippen molar-refractivity contribution in [3.05, 3.63) is 29.8 Å². The van der Waals surface area contributed by atoms with Crippen molar-refractivity contribution in [1.29, 1.82) is 0 Å². The predicted octanol–water partition coefficient (Wildman–Crippen LogP) is 0.825. The second-order valence-electron chi connectivity index (χ2n) is 4.18. The molecule has 1 aliphatic rings. The number of phenolic OH excluding ortho intramolecular Hbond substituents is 1. The average molecular weight is 235 g/mol. The van der Waals surface area contributed by atoms with Gasteiger partial charge < -0.3 is 15.1 Å². The topological polar surface area (TPSA) is 77.8 Å². The molecule has 5 nitrogen and oxygen atoms in total. The number of amides is 1. The van der Waals surface area contributed by atoms with E-state index in [-0.39, 0.29) is 24.6 Å². The molecule has 0 bridgehead atoms. The molecule has 2 N–H and O–H groups in total. The molecule has 1 aliphatic heterocycles. The van der Waals surface area contributed by atoms with Crippen molar-refractivity contribution in [2.75, 3.05) is 6.54 Å². The van der Waals surface area contributed by atoms with Crippen LogP contribution in [0.2, 0.25) is 0 Å². The first-order chi connectivity index (χ1) is 8.06. The zero-order chi connectivity index (χ0) is 12.4. The van der Waals surface area contributed by atoms with Crippen LogP contribution in [0.4, 0.5) is 0 Å². The Bertz CT molecular complexity index is 458. The van der Waals surface area contributed by atoms with E-state index in [4.69, 9.17) is 5.11 Å². The molecule has 1 amide bonds. The normalized spacial score (nSPS) is 19.6. The minimum Gasteiger partial charge on any atom is -0.508 e. The van der Waals surface area contributed by atoms with Gasteiger partial charge in [0.15, 0.2) is 0 Å². The monoisotopic (exact) mass is 235 g/mol. The smallest absolute Gasteiger partial charge is 0.308 e. The van der Waals surface area contributed by atoms with Gasteiger partial charge in [0, 0.05) is 19.5 Å². The molecule has 17 heavy (non-hydrogen) atoms. The van der Waals surface area contributed by atoms with E-state index in [1.54, 1.807) is 24.3 Å². The number of carbonyl (C=O) groups is 2. The third-order valence-corrected chi connectivity index (χ3v) is 2.85. The Morgan fingerprint density at radius 2 is 2.24 bits per heavy atom. The first kappa shape index (κ1) is 11.4. The van der Waals surface area contributed by atoms with Crippen molar-refractivity contribution < 1.29 is 19.8 Å². The number of benzene rings is 1. The molecule has 0 spiro atoms. The van der Waals surface area contributed by atoms with Gasteiger partial charge in [-0.3, -0.25) is 9.59 Å². The Kier molecular flexibility index (Phi) is 2.99. The van der Waals surface area contributed by atoms with Gasteiger partial charge in [0.05, 0.1) is 5.92 Å². The third kappa shape index (κ3) is 2.55. The quantitative estimate of drug-likeness (QED) is 0.813. The van der Waals surface area contributed by atoms with Crippen molar-refractivity contribution in [3.8, 4) is 5.75 Å². The molecule has 1 fully saturated rings.